The van der Waals surface area contributed by atoms with E-state index in [1.807, 2.05) is 31.2 Å². The average Bonchev–Trinajstić information content (AvgIpc) is 3.26. The molecule has 0 radical (unpaired) electrons. The SMILES string of the molecule is CCOc1ccc(C2CCCN2S(=O)(=O)c2scnc2C(=O)O)cc1. The van der Waals surface area contributed by atoms with E-state index in [1.165, 1.54) is 9.82 Å². The molecule has 1 saturated heterocycles. The lowest BCUT2D eigenvalue weighted by atomic mass is 10.1. The van der Waals surface area contributed by atoms with E-state index in [1.54, 1.807) is 0 Å². The predicted molar refractivity (Wildman–Crippen MR) is 92.6 cm³/mol. The van der Waals surface area contributed by atoms with Crippen molar-refractivity contribution in [2.45, 2.75) is 30.0 Å². The normalized spacial score (nSPS) is 18.4. The van der Waals surface area contributed by atoms with E-state index < -0.39 is 21.7 Å². The number of carboxylic acids is 1. The first-order chi connectivity index (χ1) is 11.9. The summed E-state index contributed by atoms with van der Waals surface area (Å²) in [5, 5.41) is 9.17. The van der Waals surface area contributed by atoms with Gasteiger partial charge in [0, 0.05) is 6.54 Å². The van der Waals surface area contributed by atoms with E-state index in [0.717, 1.165) is 29.1 Å². The van der Waals surface area contributed by atoms with Gasteiger partial charge in [0.15, 0.2) is 9.90 Å². The van der Waals surface area contributed by atoms with Crippen molar-refractivity contribution in [1.82, 2.24) is 9.29 Å². The van der Waals surface area contributed by atoms with Crippen LogP contribution in [0.3, 0.4) is 0 Å². The van der Waals surface area contributed by atoms with Crippen LogP contribution in [-0.4, -0.2) is 41.9 Å². The van der Waals surface area contributed by atoms with E-state index in [0.29, 0.717) is 19.6 Å². The highest BCUT2D eigenvalue weighted by molar-refractivity contribution is 7.91. The molecule has 1 aliphatic rings. The molecule has 1 aliphatic heterocycles. The lowest BCUT2D eigenvalue weighted by Crippen LogP contribution is -2.31. The Morgan fingerprint density at radius 3 is 2.76 bits per heavy atom. The topological polar surface area (TPSA) is 96.8 Å². The summed E-state index contributed by atoms with van der Waals surface area (Å²) in [6.45, 7) is 2.82. The van der Waals surface area contributed by atoms with Crippen LogP contribution < -0.4 is 4.74 Å². The smallest absolute Gasteiger partial charge is 0.356 e. The number of rotatable bonds is 6. The lowest BCUT2D eigenvalue weighted by molar-refractivity contribution is 0.0687. The summed E-state index contributed by atoms with van der Waals surface area (Å²) < 4.78 is 32.5. The van der Waals surface area contributed by atoms with Gasteiger partial charge in [-0.1, -0.05) is 12.1 Å². The maximum atomic E-state index is 13.0. The van der Waals surface area contributed by atoms with Crippen molar-refractivity contribution in [1.29, 1.82) is 0 Å². The molecule has 0 bridgehead atoms. The number of benzene rings is 1. The lowest BCUT2D eigenvalue weighted by Gasteiger charge is -2.24. The molecular formula is C16H18N2O5S2. The summed E-state index contributed by atoms with van der Waals surface area (Å²) in [6, 6.07) is 7.03. The summed E-state index contributed by atoms with van der Waals surface area (Å²) in [4.78, 5) is 14.9. The van der Waals surface area contributed by atoms with Crippen molar-refractivity contribution in [2.75, 3.05) is 13.2 Å². The number of sulfonamides is 1. The first kappa shape index (κ1) is 17.8. The Labute approximate surface area is 149 Å². The van der Waals surface area contributed by atoms with Crippen molar-refractivity contribution in [3.8, 4) is 5.75 Å². The second-order valence-corrected chi connectivity index (χ2v) is 8.51. The van der Waals surface area contributed by atoms with Crippen molar-refractivity contribution >= 4 is 27.3 Å². The highest BCUT2D eigenvalue weighted by Crippen LogP contribution is 2.38. The number of carboxylic acid groups (broad SMARTS) is 1. The van der Waals surface area contributed by atoms with Gasteiger partial charge in [-0.25, -0.2) is 18.2 Å². The molecule has 1 fully saturated rings. The molecule has 3 rings (SSSR count). The Kier molecular flexibility index (Phi) is 5.07. The van der Waals surface area contributed by atoms with Crippen molar-refractivity contribution in [2.24, 2.45) is 0 Å². The Bertz CT molecular complexity index is 861. The summed E-state index contributed by atoms with van der Waals surface area (Å²) >= 11 is 0.836. The Hall–Kier alpha value is -1.97. The van der Waals surface area contributed by atoms with Gasteiger partial charge >= 0.3 is 5.97 Å². The minimum absolute atomic E-state index is 0.210. The second-order valence-electron chi connectivity index (χ2n) is 5.57. The first-order valence-electron chi connectivity index (χ1n) is 7.86. The number of hydrogen-bond acceptors (Lipinski definition) is 6. The van der Waals surface area contributed by atoms with Crippen LogP contribution in [0.15, 0.2) is 34.0 Å². The van der Waals surface area contributed by atoms with Crippen molar-refractivity contribution < 1.29 is 23.1 Å². The van der Waals surface area contributed by atoms with Gasteiger partial charge < -0.3 is 9.84 Å². The third-order valence-corrected chi connectivity index (χ3v) is 7.32. The largest absolute Gasteiger partial charge is 0.494 e. The molecule has 2 heterocycles. The molecule has 1 aromatic carbocycles. The van der Waals surface area contributed by atoms with Gasteiger partial charge in [0.1, 0.15) is 5.75 Å². The maximum Gasteiger partial charge on any atom is 0.356 e. The van der Waals surface area contributed by atoms with E-state index >= 15 is 0 Å². The van der Waals surface area contributed by atoms with E-state index in [4.69, 9.17) is 4.74 Å². The van der Waals surface area contributed by atoms with Crippen LogP contribution in [0.1, 0.15) is 41.9 Å². The number of ether oxygens (including phenoxy) is 1. The molecule has 0 amide bonds. The molecule has 134 valence electrons. The minimum atomic E-state index is -3.91. The molecule has 1 unspecified atom stereocenters. The van der Waals surface area contributed by atoms with Crippen molar-refractivity contribution in [3.63, 3.8) is 0 Å². The Balaban J connectivity index is 1.92. The quantitative estimate of drug-likeness (QED) is 0.825. The molecule has 0 spiro atoms. The van der Waals surface area contributed by atoms with Crippen LogP contribution in [-0.2, 0) is 10.0 Å². The highest BCUT2D eigenvalue weighted by atomic mass is 32.2. The van der Waals surface area contributed by atoms with Crippen LogP contribution in [0.25, 0.3) is 0 Å². The summed E-state index contributed by atoms with van der Waals surface area (Å²) in [5.41, 5.74) is 1.70. The van der Waals surface area contributed by atoms with Gasteiger partial charge in [0.05, 0.1) is 18.2 Å². The molecule has 1 aromatic heterocycles. The predicted octanol–water partition coefficient (Wildman–Crippen LogP) is 2.77. The molecule has 2 aromatic rings. The number of thiazole rings is 1. The first-order valence-corrected chi connectivity index (χ1v) is 10.2. The standard InChI is InChI=1S/C16H18N2O5S2/c1-2-23-12-7-5-11(6-8-12)13-4-3-9-18(13)25(21,22)16-14(15(19)20)17-10-24-16/h5-8,10,13H,2-4,9H2,1H3,(H,19,20). The molecule has 7 nitrogen and oxygen atoms in total. The van der Waals surface area contributed by atoms with Gasteiger partial charge in [0.2, 0.25) is 0 Å². The minimum Gasteiger partial charge on any atom is -0.494 e. The van der Waals surface area contributed by atoms with Gasteiger partial charge in [-0.05, 0) is 37.5 Å². The monoisotopic (exact) mass is 382 g/mol. The molecule has 1 atom stereocenters. The fraction of sp³-hybridized carbons (Fsp3) is 0.375. The molecule has 25 heavy (non-hydrogen) atoms. The molecule has 0 saturated carbocycles. The zero-order valence-corrected chi connectivity index (χ0v) is 15.2. The number of aromatic carboxylic acids is 1. The number of carbonyl (C=O) groups is 1. The number of hydrogen-bond donors (Lipinski definition) is 1. The van der Waals surface area contributed by atoms with Crippen LogP contribution in [0.5, 0.6) is 5.75 Å². The Morgan fingerprint density at radius 1 is 1.40 bits per heavy atom. The fourth-order valence-corrected chi connectivity index (χ4v) is 5.92. The third kappa shape index (κ3) is 3.39. The molecule has 1 N–H and O–H groups in total. The van der Waals surface area contributed by atoms with Gasteiger partial charge in [0.25, 0.3) is 10.0 Å². The van der Waals surface area contributed by atoms with Gasteiger partial charge in [-0.3, -0.25) is 0 Å². The van der Waals surface area contributed by atoms with Crippen LogP contribution >= 0.6 is 11.3 Å². The average molecular weight is 382 g/mol. The van der Waals surface area contributed by atoms with Crippen molar-refractivity contribution in [3.05, 3.63) is 41.0 Å². The Morgan fingerprint density at radius 2 is 2.12 bits per heavy atom. The summed E-state index contributed by atoms with van der Waals surface area (Å²) in [5.74, 6) is -0.606. The van der Waals surface area contributed by atoms with Crippen LogP contribution in [0.4, 0.5) is 0 Å². The maximum absolute atomic E-state index is 13.0. The van der Waals surface area contributed by atoms with Gasteiger partial charge in [-0.15, -0.1) is 11.3 Å². The zero-order chi connectivity index (χ0) is 18.0. The van der Waals surface area contributed by atoms with E-state index in [-0.39, 0.29) is 10.3 Å². The molecular weight excluding hydrogens is 364 g/mol. The molecule has 9 heteroatoms. The molecule has 0 aliphatic carbocycles. The number of aromatic nitrogens is 1. The summed E-state index contributed by atoms with van der Waals surface area (Å²) in [7, 11) is -3.91. The van der Waals surface area contributed by atoms with Crippen LogP contribution in [0, 0.1) is 0 Å². The zero-order valence-electron chi connectivity index (χ0n) is 13.6. The number of nitrogens with zero attached hydrogens (tertiary/aromatic N) is 2. The van der Waals surface area contributed by atoms with E-state index in [9.17, 15) is 18.3 Å². The third-order valence-electron chi connectivity index (χ3n) is 4.06. The summed E-state index contributed by atoms with van der Waals surface area (Å²) in [6.07, 6.45) is 1.41. The van der Waals surface area contributed by atoms with E-state index in [2.05, 4.69) is 4.98 Å². The highest BCUT2D eigenvalue weighted by Gasteiger charge is 2.39. The fourth-order valence-electron chi connectivity index (χ4n) is 2.98. The second kappa shape index (κ2) is 7.11. The van der Waals surface area contributed by atoms with Gasteiger partial charge in [-0.2, -0.15) is 4.31 Å². The van der Waals surface area contributed by atoms with Crippen LogP contribution in [0.2, 0.25) is 0 Å².